The zero-order valence-corrected chi connectivity index (χ0v) is 19.1. The fourth-order valence-electron chi connectivity index (χ4n) is 3.12. The van der Waals surface area contributed by atoms with Gasteiger partial charge in [-0.25, -0.2) is 18.0 Å². The maximum atomic E-state index is 13.8. The highest BCUT2D eigenvalue weighted by atomic mass is 35.5. The summed E-state index contributed by atoms with van der Waals surface area (Å²) >= 11 is 6.30. The first-order valence-electron chi connectivity index (χ1n) is 9.30. The van der Waals surface area contributed by atoms with Crippen molar-refractivity contribution in [3.8, 4) is 0 Å². The van der Waals surface area contributed by atoms with Gasteiger partial charge in [0.05, 0.1) is 29.9 Å². The molecule has 0 bridgehead atoms. The lowest BCUT2D eigenvalue weighted by molar-refractivity contribution is 0.0596. The minimum Gasteiger partial charge on any atom is -0.465 e. The Hall–Kier alpha value is -3.37. The lowest BCUT2D eigenvalue weighted by Crippen LogP contribution is -2.40. The van der Waals surface area contributed by atoms with Crippen molar-refractivity contribution in [2.75, 3.05) is 11.4 Å². The van der Waals surface area contributed by atoms with E-state index in [4.69, 9.17) is 16.3 Å². The van der Waals surface area contributed by atoms with Crippen molar-refractivity contribution < 1.29 is 17.9 Å². The molecule has 11 heteroatoms. The summed E-state index contributed by atoms with van der Waals surface area (Å²) in [6.45, 7) is -0.386. The second kappa shape index (κ2) is 9.01. The van der Waals surface area contributed by atoms with Gasteiger partial charge in [0.1, 0.15) is 4.90 Å². The van der Waals surface area contributed by atoms with Crippen LogP contribution in [0.5, 0.6) is 0 Å². The van der Waals surface area contributed by atoms with Crippen LogP contribution in [0.1, 0.15) is 16.1 Å². The first-order valence-corrected chi connectivity index (χ1v) is 11.1. The molecule has 3 aromatic rings. The molecule has 0 atom stereocenters. The third kappa shape index (κ3) is 4.19. The largest absolute Gasteiger partial charge is 0.465 e. The molecule has 0 amide bonds. The Morgan fingerprint density at radius 1 is 1.03 bits per heavy atom. The van der Waals surface area contributed by atoms with Gasteiger partial charge in [0, 0.05) is 25.9 Å². The second-order valence-electron chi connectivity index (χ2n) is 6.83. The predicted octanol–water partition coefficient (Wildman–Crippen LogP) is 1.92. The summed E-state index contributed by atoms with van der Waals surface area (Å²) in [7, 11) is -0.493. The van der Waals surface area contributed by atoms with Crippen molar-refractivity contribution in [3.05, 3.63) is 91.7 Å². The third-order valence-corrected chi connectivity index (χ3v) is 7.05. The van der Waals surface area contributed by atoms with E-state index in [-0.39, 0.29) is 33.4 Å². The number of sulfonamides is 1. The number of carbonyl (C=O) groups is 1. The molecule has 0 unspecified atom stereocenters. The molecule has 2 aromatic carbocycles. The Labute approximate surface area is 189 Å². The van der Waals surface area contributed by atoms with Gasteiger partial charge in [0.15, 0.2) is 0 Å². The first kappa shape index (κ1) is 23.3. The summed E-state index contributed by atoms with van der Waals surface area (Å²) in [5.41, 5.74) is -1.11. The molecular formula is C21H20ClN3O6S. The summed E-state index contributed by atoms with van der Waals surface area (Å²) in [6, 6.07) is 13.0. The second-order valence-corrected chi connectivity index (χ2v) is 9.06. The van der Waals surface area contributed by atoms with Gasteiger partial charge >= 0.3 is 11.7 Å². The quantitative estimate of drug-likeness (QED) is 0.502. The van der Waals surface area contributed by atoms with Crippen LogP contribution >= 0.6 is 11.6 Å². The van der Waals surface area contributed by atoms with Crippen LogP contribution < -0.4 is 15.6 Å². The van der Waals surface area contributed by atoms with Gasteiger partial charge in [-0.1, -0.05) is 35.9 Å². The molecule has 0 aliphatic carbocycles. The number of ether oxygens (including phenoxy) is 1. The fourth-order valence-corrected chi connectivity index (χ4v) is 5.05. The van der Waals surface area contributed by atoms with E-state index in [9.17, 15) is 22.8 Å². The monoisotopic (exact) mass is 477 g/mol. The van der Waals surface area contributed by atoms with Crippen molar-refractivity contribution in [1.29, 1.82) is 0 Å². The first-order chi connectivity index (χ1) is 15.1. The van der Waals surface area contributed by atoms with Crippen LogP contribution in [0, 0.1) is 0 Å². The Morgan fingerprint density at radius 3 is 2.31 bits per heavy atom. The van der Waals surface area contributed by atoms with Crippen molar-refractivity contribution in [1.82, 2.24) is 9.13 Å². The number of carbonyl (C=O) groups excluding carboxylic acids is 1. The van der Waals surface area contributed by atoms with Crippen LogP contribution in [0.2, 0.25) is 5.02 Å². The topological polar surface area (TPSA) is 108 Å². The average molecular weight is 478 g/mol. The van der Waals surface area contributed by atoms with E-state index < -0.39 is 27.2 Å². The van der Waals surface area contributed by atoms with Crippen LogP contribution in [0.3, 0.4) is 0 Å². The molecule has 0 spiro atoms. The number of hydrogen-bond donors (Lipinski definition) is 0. The molecule has 3 rings (SSSR count). The molecule has 0 fully saturated rings. The van der Waals surface area contributed by atoms with Gasteiger partial charge in [-0.3, -0.25) is 18.2 Å². The molecule has 0 aliphatic rings. The molecule has 0 saturated carbocycles. The SMILES string of the molecule is COC(=O)c1ccccc1S(=O)(=O)N(Cc1cc(=O)n(C)c(=O)n1C)c1ccccc1Cl. The van der Waals surface area contributed by atoms with Crippen molar-refractivity contribution in [2.45, 2.75) is 11.4 Å². The number of aromatic nitrogens is 2. The number of esters is 1. The van der Waals surface area contributed by atoms with Crippen LogP contribution in [-0.2, 0) is 35.4 Å². The number of rotatable bonds is 6. The number of anilines is 1. The van der Waals surface area contributed by atoms with Crippen molar-refractivity contribution >= 4 is 33.3 Å². The Morgan fingerprint density at radius 2 is 1.66 bits per heavy atom. The van der Waals surface area contributed by atoms with Crippen LogP contribution in [0.25, 0.3) is 0 Å². The number of hydrogen-bond acceptors (Lipinski definition) is 6. The highest BCUT2D eigenvalue weighted by molar-refractivity contribution is 7.92. The molecule has 0 N–H and O–H groups in total. The summed E-state index contributed by atoms with van der Waals surface area (Å²) < 4.78 is 35.3. The summed E-state index contributed by atoms with van der Waals surface area (Å²) in [5, 5.41) is 0.125. The van der Waals surface area contributed by atoms with E-state index in [2.05, 4.69) is 0 Å². The minimum atomic E-state index is -4.39. The van der Waals surface area contributed by atoms with Crippen molar-refractivity contribution in [2.24, 2.45) is 14.1 Å². The van der Waals surface area contributed by atoms with Crippen LogP contribution in [-0.4, -0.2) is 30.6 Å². The molecule has 0 saturated heterocycles. The minimum absolute atomic E-state index is 0.113. The van der Waals surface area contributed by atoms with Gasteiger partial charge in [-0.05, 0) is 24.3 Å². The molecule has 1 heterocycles. The van der Waals surface area contributed by atoms with E-state index >= 15 is 0 Å². The third-order valence-electron chi connectivity index (χ3n) is 4.91. The number of benzene rings is 2. The standard InChI is InChI=1S/C21H20ClN3O6S/c1-23-14(12-19(26)24(2)21(23)28)13-25(17-10-6-5-9-16(17)22)32(29,30)18-11-7-4-8-15(18)20(27)31-3/h4-12H,13H2,1-3H3. The smallest absolute Gasteiger partial charge is 0.339 e. The summed E-state index contributed by atoms with van der Waals surface area (Å²) in [5.74, 6) is -0.829. The van der Waals surface area contributed by atoms with Gasteiger partial charge in [-0.2, -0.15) is 0 Å². The average Bonchev–Trinajstić information content (AvgIpc) is 2.79. The maximum Gasteiger partial charge on any atom is 0.339 e. The molecule has 168 valence electrons. The van der Waals surface area contributed by atoms with Crippen molar-refractivity contribution in [3.63, 3.8) is 0 Å². The van der Waals surface area contributed by atoms with E-state index in [1.165, 1.54) is 61.1 Å². The van der Waals surface area contributed by atoms with Gasteiger partial charge in [-0.15, -0.1) is 0 Å². The number of methoxy groups -OCH3 is 1. The summed E-state index contributed by atoms with van der Waals surface area (Å²) in [6.07, 6.45) is 0. The summed E-state index contributed by atoms with van der Waals surface area (Å²) in [4.78, 5) is 36.5. The van der Waals surface area contributed by atoms with Gasteiger partial charge < -0.3 is 4.74 Å². The Balaban J connectivity index is 2.27. The molecule has 9 nitrogen and oxygen atoms in total. The molecular weight excluding hydrogens is 458 g/mol. The zero-order chi connectivity index (χ0) is 23.6. The normalized spacial score (nSPS) is 11.2. The number of nitrogens with zero attached hydrogens (tertiary/aromatic N) is 3. The maximum absolute atomic E-state index is 13.8. The van der Waals surface area contributed by atoms with Crippen LogP contribution in [0.4, 0.5) is 5.69 Å². The lowest BCUT2D eigenvalue weighted by atomic mass is 10.2. The van der Waals surface area contributed by atoms with E-state index in [1.54, 1.807) is 12.1 Å². The predicted molar refractivity (Wildman–Crippen MR) is 120 cm³/mol. The van der Waals surface area contributed by atoms with Gasteiger partial charge in [0.2, 0.25) is 0 Å². The number of para-hydroxylation sites is 1. The van der Waals surface area contributed by atoms with Gasteiger partial charge in [0.25, 0.3) is 15.6 Å². The Kier molecular flexibility index (Phi) is 6.56. The highest BCUT2D eigenvalue weighted by Crippen LogP contribution is 2.32. The Bertz CT molecular complexity index is 1410. The zero-order valence-electron chi connectivity index (χ0n) is 17.5. The molecule has 1 aromatic heterocycles. The van der Waals surface area contributed by atoms with E-state index in [0.717, 1.165) is 16.0 Å². The lowest BCUT2D eigenvalue weighted by Gasteiger charge is -2.27. The molecule has 0 aliphatic heterocycles. The highest BCUT2D eigenvalue weighted by Gasteiger charge is 2.31. The number of halogens is 1. The van der Waals surface area contributed by atoms with Crippen LogP contribution in [0.15, 0.2) is 69.1 Å². The molecule has 0 radical (unpaired) electrons. The van der Waals surface area contributed by atoms with E-state index in [1.807, 2.05) is 0 Å². The molecule has 32 heavy (non-hydrogen) atoms. The van der Waals surface area contributed by atoms with E-state index in [0.29, 0.717) is 0 Å². The fraction of sp³-hybridized carbons (Fsp3) is 0.190.